The Morgan fingerprint density at radius 1 is 1.25 bits per heavy atom. The summed E-state index contributed by atoms with van der Waals surface area (Å²) >= 11 is 3.31. The molecule has 102 valence electrons. The molecular weight excluding hydrogens is 324 g/mol. The lowest BCUT2D eigenvalue weighted by molar-refractivity contribution is 0.0696. The van der Waals surface area contributed by atoms with Gasteiger partial charge >= 0.3 is 5.97 Å². The van der Waals surface area contributed by atoms with Crippen molar-refractivity contribution >= 4 is 33.6 Å². The number of rotatable bonds is 3. The number of carbonyl (C=O) groups is 2. The van der Waals surface area contributed by atoms with Crippen LogP contribution in [0.2, 0.25) is 0 Å². The Labute approximate surface area is 123 Å². The van der Waals surface area contributed by atoms with Crippen LogP contribution in [0.4, 0.5) is 5.82 Å². The van der Waals surface area contributed by atoms with Crippen LogP contribution in [0.5, 0.6) is 0 Å². The van der Waals surface area contributed by atoms with Crippen LogP contribution in [0.1, 0.15) is 26.3 Å². The molecule has 0 aliphatic rings. The van der Waals surface area contributed by atoms with Gasteiger partial charge in [0.15, 0.2) is 0 Å². The summed E-state index contributed by atoms with van der Waals surface area (Å²) in [5.74, 6) is -1.22. The van der Waals surface area contributed by atoms with Gasteiger partial charge in [-0.15, -0.1) is 0 Å². The third kappa shape index (κ3) is 3.21. The third-order valence-corrected chi connectivity index (χ3v) is 3.31. The fourth-order valence-electron chi connectivity index (χ4n) is 1.63. The van der Waals surface area contributed by atoms with E-state index in [1.807, 2.05) is 13.0 Å². The summed E-state index contributed by atoms with van der Waals surface area (Å²) in [6.07, 6.45) is 1.34. The van der Waals surface area contributed by atoms with Gasteiger partial charge in [-0.3, -0.25) is 4.79 Å². The van der Waals surface area contributed by atoms with Crippen LogP contribution < -0.4 is 5.32 Å². The number of halogens is 1. The van der Waals surface area contributed by atoms with E-state index in [4.69, 9.17) is 5.11 Å². The monoisotopic (exact) mass is 334 g/mol. The molecular formula is C14H11BrN2O3. The van der Waals surface area contributed by atoms with Gasteiger partial charge in [0, 0.05) is 10.7 Å². The summed E-state index contributed by atoms with van der Waals surface area (Å²) in [4.78, 5) is 26.9. The number of carbonyl (C=O) groups excluding carboxylic acids is 1. The predicted octanol–water partition coefficient (Wildman–Crippen LogP) is 3.10. The number of carboxylic acid groups (broad SMARTS) is 1. The molecule has 5 nitrogen and oxygen atoms in total. The number of carboxylic acids is 1. The molecule has 0 aliphatic carbocycles. The van der Waals surface area contributed by atoms with Gasteiger partial charge in [0.05, 0.1) is 11.1 Å². The summed E-state index contributed by atoms with van der Waals surface area (Å²) in [6.45, 7) is 1.88. The molecule has 0 bridgehead atoms. The fourth-order valence-corrected chi connectivity index (χ4v) is 2.06. The van der Waals surface area contributed by atoms with Crippen LogP contribution in [-0.4, -0.2) is 22.0 Å². The number of pyridine rings is 1. The molecule has 0 radical (unpaired) electrons. The van der Waals surface area contributed by atoms with E-state index < -0.39 is 5.97 Å². The summed E-state index contributed by atoms with van der Waals surface area (Å²) in [5.41, 5.74) is 1.48. The molecule has 2 rings (SSSR count). The largest absolute Gasteiger partial charge is 0.478 e. The summed E-state index contributed by atoms with van der Waals surface area (Å²) in [5, 5.41) is 11.5. The maximum atomic E-state index is 12.1. The highest BCUT2D eigenvalue weighted by molar-refractivity contribution is 9.10. The third-order valence-electron chi connectivity index (χ3n) is 2.61. The van der Waals surface area contributed by atoms with Gasteiger partial charge in [0.2, 0.25) is 0 Å². The molecule has 1 amide bonds. The van der Waals surface area contributed by atoms with E-state index in [2.05, 4.69) is 26.2 Å². The first-order valence-corrected chi connectivity index (χ1v) is 6.53. The van der Waals surface area contributed by atoms with E-state index in [0.717, 1.165) is 5.56 Å². The number of aromatic nitrogens is 1. The first kappa shape index (κ1) is 14.2. The van der Waals surface area contributed by atoms with E-state index in [-0.39, 0.29) is 17.3 Å². The molecule has 6 heteroatoms. The van der Waals surface area contributed by atoms with Gasteiger partial charge in [-0.1, -0.05) is 11.6 Å². The molecule has 2 aromatic rings. The molecule has 0 atom stereocenters. The van der Waals surface area contributed by atoms with E-state index in [0.29, 0.717) is 10.0 Å². The number of aromatic carboxylic acids is 1. The molecule has 0 aliphatic heterocycles. The lowest BCUT2D eigenvalue weighted by Gasteiger charge is -2.07. The number of benzene rings is 1. The number of aryl methyl sites for hydroxylation is 1. The van der Waals surface area contributed by atoms with Crippen molar-refractivity contribution in [1.82, 2.24) is 4.98 Å². The summed E-state index contributed by atoms with van der Waals surface area (Å²) < 4.78 is 0.662. The van der Waals surface area contributed by atoms with Crippen molar-refractivity contribution < 1.29 is 14.7 Å². The quantitative estimate of drug-likeness (QED) is 0.903. The Morgan fingerprint density at radius 3 is 2.70 bits per heavy atom. The molecule has 0 unspecified atom stereocenters. The minimum absolute atomic E-state index is 0.0682. The predicted molar refractivity (Wildman–Crippen MR) is 78.0 cm³/mol. The molecule has 20 heavy (non-hydrogen) atoms. The lowest BCUT2D eigenvalue weighted by atomic mass is 10.1. The summed E-state index contributed by atoms with van der Waals surface area (Å²) in [7, 11) is 0. The Balaban J connectivity index is 2.25. The Bertz CT molecular complexity index is 686. The number of nitrogens with one attached hydrogen (secondary N) is 1. The molecule has 0 saturated heterocycles. The highest BCUT2D eigenvalue weighted by atomic mass is 79.9. The molecule has 0 saturated carbocycles. The minimum Gasteiger partial charge on any atom is -0.478 e. The molecule has 2 N–H and O–H groups in total. The van der Waals surface area contributed by atoms with Crippen molar-refractivity contribution in [3.8, 4) is 0 Å². The van der Waals surface area contributed by atoms with Crippen LogP contribution in [0.25, 0.3) is 0 Å². The fraction of sp³-hybridized carbons (Fsp3) is 0.0714. The molecule has 1 aromatic carbocycles. The highest BCUT2D eigenvalue weighted by Crippen LogP contribution is 2.19. The summed E-state index contributed by atoms with van der Waals surface area (Å²) in [6, 6.07) is 8.07. The second kappa shape index (κ2) is 5.83. The average molecular weight is 335 g/mol. The van der Waals surface area contributed by atoms with Crippen molar-refractivity contribution in [3.05, 3.63) is 57.7 Å². The maximum Gasteiger partial charge on any atom is 0.335 e. The van der Waals surface area contributed by atoms with Gasteiger partial charge in [-0.2, -0.15) is 0 Å². The zero-order valence-electron chi connectivity index (χ0n) is 10.6. The van der Waals surface area contributed by atoms with Crippen molar-refractivity contribution in [3.63, 3.8) is 0 Å². The maximum absolute atomic E-state index is 12.1. The van der Waals surface area contributed by atoms with E-state index >= 15 is 0 Å². The van der Waals surface area contributed by atoms with Gasteiger partial charge in [0.25, 0.3) is 5.91 Å². The van der Waals surface area contributed by atoms with E-state index in [9.17, 15) is 9.59 Å². The SMILES string of the molecule is Cc1ccc(Br)c(C(=O)Nc2cc(C(=O)O)ccn2)c1. The van der Waals surface area contributed by atoms with E-state index in [1.54, 1.807) is 12.1 Å². The zero-order valence-corrected chi connectivity index (χ0v) is 12.1. The van der Waals surface area contributed by atoms with Crippen molar-refractivity contribution in [2.45, 2.75) is 6.92 Å². The lowest BCUT2D eigenvalue weighted by Crippen LogP contribution is -2.14. The van der Waals surface area contributed by atoms with Crippen LogP contribution in [0.3, 0.4) is 0 Å². The number of hydrogen-bond acceptors (Lipinski definition) is 3. The smallest absolute Gasteiger partial charge is 0.335 e. The number of hydrogen-bond donors (Lipinski definition) is 2. The van der Waals surface area contributed by atoms with Crippen LogP contribution in [-0.2, 0) is 0 Å². The molecule has 0 spiro atoms. The topological polar surface area (TPSA) is 79.3 Å². The number of anilines is 1. The van der Waals surface area contributed by atoms with Crippen molar-refractivity contribution in [2.24, 2.45) is 0 Å². The highest BCUT2D eigenvalue weighted by Gasteiger charge is 2.12. The zero-order chi connectivity index (χ0) is 14.7. The minimum atomic E-state index is -1.07. The number of amides is 1. The second-order valence-corrected chi connectivity index (χ2v) is 5.03. The van der Waals surface area contributed by atoms with Crippen molar-refractivity contribution in [1.29, 1.82) is 0 Å². The van der Waals surface area contributed by atoms with Crippen LogP contribution in [0.15, 0.2) is 41.0 Å². The number of nitrogens with zero attached hydrogens (tertiary/aromatic N) is 1. The van der Waals surface area contributed by atoms with Crippen molar-refractivity contribution in [2.75, 3.05) is 5.32 Å². The standard InChI is InChI=1S/C14H11BrN2O3/c1-8-2-3-11(15)10(6-8)13(18)17-12-7-9(14(19)20)4-5-16-12/h2-7H,1H3,(H,19,20)(H,16,17,18). The average Bonchev–Trinajstić information content (AvgIpc) is 2.41. The van der Waals surface area contributed by atoms with Gasteiger partial charge in [-0.25, -0.2) is 9.78 Å². The second-order valence-electron chi connectivity index (χ2n) is 4.17. The molecule has 1 heterocycles. The Morgan fingerprint density at radius 2 is 2.00 bits per heavy atom. The molecule has 1 aromatic heterocycles. The first-order valence-electron chi connectivity index (χ1n) is 5.74. The van der Waals surface area contributed by atoms with Crippen LogP contribution >= 0.6 is 15.9 Å². The Kier molecular flexibility index (Phi) is 4.14. The van der Waals surface area contributed by atoms with Gasteiger partial charge < -0.3 is 10.4 Å². The van der Waals surface area contributed by atoms with E-state index in [1.165, 1.54) is 18.3 Å². The first-order chi connectivity index (χ1) is 9.47. The van der Waals surface area contributed by atoms with Gasteiger partial charge in [0.1, 0.15) is 5.82 Å². The van der Waals surface area contributed by atoms with Crippen LogP contribution in [0, 0.1) is 6.92 Å². The Hall–Kier alpha value is -2.21. The molecule has 0 fully saturated rings. The van der Waals surface area contributed by atoms with Gasteiger partial charge in [-0.05, 0) is 47.1 Å². The normalized spacial score (nSPS) is 10.1.